The van der Waals surface area contributed by atoms with Gasteiger partial charge in [-0.1, -0.05) is 0 Å². The maximum Gasteiger partial charge on any atom is 0.215 e. The second kappa shape index (κ2) is 3.37. The van der Waals surface area contributed by atoms with Gasteiger partial charge >= 0.3 is 0 Å². The molecule has 0 saturated carbocycles. The maximum absolute atomic E-state index is 5.56. The number of aryl methyl sites for hydroxylation is 1. The van der Waals surface area contributed by atoms with E-state index in [4.69, 9.17) is 4.42 Å². The highest BCUT2D eigenvalue weighted by molar-refractivity contribution is 5.07. The van der Waals surface area contributed by atoms with Gasteiger partial charge in [-0.15, -0.1) is 0 Å². The minimum absolute atomic E-state index is 0.175. The molecule has 4 nitrogen and oxygen atoms in total. The van der Waals surface area contributed by atoms with Crippen molar-refractivity contribution in [2.45, 2.75) is 32.4 Å². The molecule has 2 unspecified atom stereocenters. The van der Waals surface area contributed by atoms with E-state index in [9.17, 15) is 0 Å². The number of oxazole rings is 1. The van der Waals surface area contributed by atoms with Crippen LogP contribution in [0.25, 0.3) is 0 Å². The third kappa shape index (κ3) is 1.67. The van der Waals surface area contributed by atoms with Crippen molar-refractivity contribution in [3.8, 4) is 0 Å². The quantitative estimate of drug-likeness (QED) is 0.695. The first kappa shape index (κ1) is 9.68. The highest BCUT2D eigenvalue weighted by Crippen LogP contribution is 2.22. The molecule has 78 valence electrons. The average molecular weight is 195 g/mol. The van der Waals surface area contributed by atoms with Gasteiger partial charge in [0.05, 0.1) is 6.20 Å². The first-order valence-corrected chi connectivity index (χ1v) is 5.01. The van der Waals surface area contributed by atoms with Crippen molar-refractivity contribution in [3.05, 3.63) is 17.8 Å². The van der Waals surface area contributed by atoms with Gasteiger partial charge in [-0.05, 0) is 20.8 Å². The molecule has 0 amide bonds. The first-order chi connectivity index (χ1) is 6.60. The van der Waals surface area contributed by atoms with Gasteiger partial charge in [-0.25, -0.2) is 4.98 Å². The number of nitrogens with one attached hydrogen (secondary N) is 2. The van der Waals surface area contributed by atoms with Gasteiger partial charge < -0.3 is 9.73 Å². The monoisotopic (exact) mass is 195 g/mol. The average Bonchev–Trinajstić information content (AvgIpc) is 2.52. The van der Waals surface area contributed by atoms with Gasteiger partial charge in [0.25, 0.3) is 0 Å². The Morgan fingerprint density at radius 2 is 2.43 bits per heavy atom. The zero-order valence-electron chi connectivity index (χ0n) is 8.92. The van der Waals surface area contributed by atoms with E-state index in [0.717, 1.165) is 24.7 Å². The fourth-order valence-electron chi connectivity index (χ4n) is 1.93. The third-order valence-electron chi connectivity index (χ3n) is 2.59. The van der Waals surface area contributed by atoms with Crippen molar-refractivity contribution in [1.29, 1.82) is 0 Å². The largest absolute Gasteiger partial charge is 0.444 e. The number of nitrogens with zero attached hydrogens (tertiary/aromatic N) is 1. The Hall–Kier alpha value is -0.870. The molecule has 1 aliphatic rings. The molecule has 2 N–H and O–H groups in total. The van der Waals surface area contributed by atoms with Gasteiger partial charge in [0.1, 0.15) is 11.3 Å². The number of hydrogen-bond acceptors (Lipinski definition) is 4. The highest BCUT2D eigenvalue weighted by atomic mass is 16.4. The summed E-state index contributed by atoms with van der Waals surface area (Å²) >= 11 is 0. The van der Waals surface area contributed by atoms with E-state index < -0.39 is 0 Å². The van der Waals surface area contributed by atoms with Crippen molar-refractivity contribution in [1.82, 2.24) is 15.6 Å². The smallest absolute Gasteiger partial charge is 0.215 e. The van der Waals surface area contributed by atoms with E-state index in [1.54, 1.807) is 6.20 Å². The van der Waals surface area contributed by atoms with Gasteiger partial charge in [0.15, 0.2) is 0 Å². The highest BCUT2D eigenvalue weighted by Gasteiger charge is 2.35. The molecule has 14 heavy (non-hydrogen) atoms. The maximum atomic E-state index is 5.56. The van der Waals surface area contributed by atoms with Crippen molar-refractivity contribution >= 4 is 0 Å². The van der Waals surface area contributed by atoms with Crippen molar-refractivity contribution in [3.63, 3.8) is 0 Å². The summed E-state index contributed by atoms with van der Waals surface area (Å²) in [6.07, 6.45) is 1.77. The molecule has 0 spiro atoms. The second-order valence-electron chi connectivity index (χ2n) is 4.28. The normalized spacial score (nSPS) is 33.2. The second-order valence-corrected chi connectivity index (χ2v) is 4.28. The zero-order chi connectivity index (χ0) is 10.2. The Labute approximate surface area is 84.1 Å². The molecular formula is C10H17N3O. The fourth-order valence-corrected chi connectivity index (χ4v) is 1.93. The molecular weight excluding hydrogens is 178 g/mol. The molecule has 0 bridgehead atoms. The standard InChI is InChI=1S/C10H17N3O/c1-7-4-11-6-10(3,13-7)9-12-5-8(2)14-9/h5,7,11,13H,4,6H2,1-3H3. The van der Waals surface area contributed by atoms with E-state index in [1.807, 2.05) is 6.92 Å². The lowest BCUT2D eigenvalue weighted by Crippen LogP contribution is -2.59. The lowest BCUT2D eigenvalue weighted by atomic mass is 9.98. The number of piperazine rings is 1. The molecule has 1 aliphatic heterocycles. The summed E-state index contributed by atoms with van der Waals surface area (Å²) in [5.74, 6) is 1.63. The predicted molar refractivity (Wildman–Crippen MR) is 54.1 cm³/mol. The Balaban J connectivity index is 2.22. The summed E-state index contributed by atoms with van der Waals surface area (Å²) in [5, 5.41) is 6.87. The molecule has 0 aliphatic carbocycles. The first-order valence-electron chi connectivity index (χ1n) is 5.01. The minimum Gasteiger partial charge on any atom is -0.444 e. The van der Waals surface area contributed by atoms with Crippen LogP contribution >= 0.6 is 0 Å². The van der Waals surface area contributed by atoms with Crippen LogP contribution in [0.1, 0.15) is 25.5 Å². The molecule has 1 fully saturated rings. The summed E-state index contributed by atoms with van der Waals surface area (Å²) in [6.45, 7) is 8.03. The van der Waals surface area contributed by atoms with E-state index in [0.29, 0.717) is 6.04 Å². The van der Waals surface area contributed by atoms with Crippen LogP contribution in [-0.4, -0.2) is 24.1 Å². The van der Waals surface area contributed by atoms with E-state index in [1.165, 1.54) is 0 Å². The molecule has 0 radical (unpaired) electrons. The van der Waals surface area contributed by atoms with Gasteiger partial charge in [-0.3, -0.25) is 5.32 Å². The van der Waals surface area contributed by atoms with Gasteiger partial charge in [-0.2, -0.15) is 0 Å². The molecule has 1 aromatic heterocycles. The number of hydrogen-bond donors (Lipinski definition) is 2. The Bertz CT molecular complexity index is 323. The van der Waals surface area contributed by atoms with Crippen molar-refractivity contribution in [2.75, 3.05) is 13.1 Å². The van der Waals surface area contributed by atoms with Crippen LogP contribution in [0.5, 0.6) is 0 Å². The topological polar surface area (TPSA) is 50.1 Å². The molecule has 2 rings (SSSR count). The summed E-state index contributed by atoms with van der Waals surface area (Å²) in [5.41, 5.74) is -0.175. The lowest BCUT2D eigenvalue weighted by Gasteiger charge is -2.36. The van der Waals surface area contributed by atoms with E-state index in [-0.39, 0.29) is 5.54 Å². The van der Waals surface area contributed by atoms with Crippen LogP contribution in [0.2, 0.25) is 0 Å². The molecule has 2 heterocycles. The summed E-state index contributed by atoms with van der Waals surface area (Å²) in [4.78, 5) is 4.28. The van der Waals surface area contributed by atoms with Crippen LogP contribution in [0.3, 0.4) is 0 Å². The third-order valence-corrected chi connectivity index (χ3v) is 2.59. The van der Waals surface area contributed by atoms with Crippen LogP contribution in [-0.2, 0) is 5.54 Å². The van der Waals surface area contributed by atoms with Gasteiger partial charge in [0.2, 0.25) is 5.89 Å². The van der Waals surface area contributed by atoms with Crippen LogP contribution in [0, 0.1) is 6.92 Å². The summed E-state index contributed by atoms with van der Waals surface area (Å²) in [7, 11) is 0. The molecule has 0 aromatic carbocycles. The molecule has 1 aromatic rings. The van der Waals surface area contributed by atoms with Crippen molar-refractivity contribution < 1.29 is 4.42 Å². The zero-order valence-corrected chi connectivity index (χ0v) is 8.92. The molecule has 4 heteroatoms. The predicted octanol–water partition coefficient (Wildman–Crippen LogP) is 0.780. The van der Waals surface area contributed by atoms with Crippen LogP contribution < -0.4 is 10.6 Å². The van der Waals surface area contributed by atoms with Crippen LogP contribution in [0.15, 0.2) is 10.6 Å². The van der Waals surface area contributed by atoms with E-state index in [2.05, 4.69) is 29.5 Å². The fraction of sp³-hybridized carbons (Fsp3) is 0.700. The molecule has 2 atom stereocenters. The summed E-state index contributed by atoms with van der Waals surface area (Å²) < 4.78 is 5.56. The number of aromatic nitrogens is 1. The van der Waals surface area contributed by atoms with Crippen LogP contribution in [0.4, 0.5) is 0 Å². The van der Waals surface area contributed by atoms with E-state index >= 15 is 0 Å². The Morgan fingerprint density at radius 1 is 1.64 bits per heavy atom. The van der Waals surface area contributed by atoms with Crippen molar-refractivity contribution in [2.24, 2.45) is 0 Å². The number of rotatable bonds is 1. The molecule has 1 saturated heterocycles. The Kier molecular flexibility index (Phi) is 2.33. The van der Waals surface area contributed by atoms with Gasteiger partial charge in [0, 0.05) is 19.1 Å². The summed E-state index contributed by atoms with van der Waals surface area (Å²) in [6, 6.07) is 0.445. The lowest BCUT2D eigenvalue weighted by molar-refractivity contribution is 0.207. The minimum atomic E-state index is -0.175. The Morgan fingerprint density at radius 3 is 3.00 bits per heavy atom. The SMILES string of the molecule is Cc1cnc(C2(C)CNCC(C)N2)o1.